The summed E-state index contributed by atoms with van der Waals surface area (Å²) >= 11 is 0. The summed E-state index contributed by atoms with van der Waals surface area (Å²) in [5.74, 6) is 0.594. The highest BCUT2D eigenvalue weighted by molar-refractivity contribution is 5.73. The number of nitrogens with zero attached hydrogens (tertiary/aromatic N) is 1. The Hall–Kier alpha value is -1.82. The summed E-state index contributed by atoms with van der Waals surface area (Å²) in [5.41, 5.74) is 0.929. The Balaban J connectivity index is 1.68. The van der Waals surface area contributed by atoms with Crippen LogP contribution in [0.1, 0.15) is 32.3 Å². The van der Waals surface area contributed by atoms with Gasteiger partial charge in [0, 0.05) is 32.0 Å². The summed E-state index contributed by atoms with van der Waals surface area (Å²) in [4.78, 5) is 15.9. The van der Waals surface area contributed by atoms with E-state index in [1.54, 1.807) is 12.3 Å². The number of carbonyl (C=O) groups excluding carboxylic acids is 1. The number of hydrogen-bond donors (Lipinski definition) is 2. The molecule has 0 aliphatic carbocycles. The minimum Gasteiger partial charge on any atom is -0.475 e. The van der Waals surface area contributed by atoms with Crippen molar-refractivity contribution in [2.75, 3.05) is 13.2 Å². The topological polar surface area (TPSA) is 72.5 Å². The lowest BCUT2D eigenvalue weighted by Gasteiger charge is -2.12. The van der Waals surface area contributed by atoms with E-state index in [-0.39, 0.29) is 18.2 Å². The van der Waals surface area contributed by atoms with Gasteiger partial charge in [0.15, 0.2) is 0 Å². The number of aromatic nitrogens is 1. The third-order valence-electron chi connectivity index (χ3n) is 3.12. The third kappa shape index (κ3) is 5.59. The highest BCUT2D eigenvalue weighted by Gasteiger charge is 2.15. The Morgan fingerprint density at radius 1 is 1.48 bits per heavy atom. The van der Waals surface area contributed by atoms with Crippen LogP contribution in [-0.2, 0) is 11.3 Å². The highest BCUT2D eigenvalue weighted by atomic mass is 16.5. The van der Waals surface area contributed by atoms with Gasteiger partial charge in [-0.2, -0.15) is 0 Å². The smallest absolute Gasteiger partial charge is 0.315 e. The van der Waals surface area contributed by atoms with E-state index in [0.717, 1.165) is 25.0 Å². The second kappa shape index (κ2) is 7.83. The van der Waals surface area contributed by atoms with Crippen LogP contribution in [0.15, 0.2) is 18.3 Å². The number of urea groups is 1. The van der Waals surface area contributed by atoms with E-state index in [1.165, 1.54) is 0 Å². The number of amides is 2. The number of ether oxygens (including phenoxy) is 2. The van der Waals surface area contributed by atoms with E-state index in [2.05, 4.69) is 15.6 Å². The maximum Gasteiger partial charge on any atom is 0.315 e. The van der Waals surface area contributed by atoms with Crippen LogP contribution in [0.3, 0.4) is 0 Å². The van der Waals surface area contributed by atoms with Crippen molar-refractivity contribution in [2.24, 2.45) is 0 Å². The maximum atomic E-state index is 11.7. The van der Waals surface area contributed by atoms with Gasteiger partial charge in [0.25, 0.3) is 0 Å². The first-order valence-corrected chi connectivity index (χ1v) is 7.38. The zero-order valence-electron chi connectivity index (χ0n) is 12.6. The summed E-state index contributed by atoms with van der Waals surface area (Å²) in [7, 11) is 0. The fraction of sp³-hybridized carbons (Fsp3) is 0.600. The Kier molecular flexibility index (Phi) is 5.80. The molecule has 2 amide bonds. The number of hydrogen-bond acceptors (Lipinski definition) is 4. The van der Waals surface area contributed by atoms with Crippen molar-refractivity contribution in [1.29, 1.82) is 0 Å². The fourth-order valence-corrected chi connectivity index (χ4v) is 2.08. The molecule has 0 saturated carbocycles. The molecular weight excluding hydrogens is 270 g/mol. The molecule has 1 aromatic rings. The van der Waals surface area contributed by atoms with Gasteiger partial charge in [-0.15, -0.1) is 0 Å². The summed E-state index contributed by atoms with van der Waals surface area (Å²) < 4.78 is 10.9. The van der Waals surface area contributed by atoms with E-state index < -0.39 is 0 Å². The molecule has 1 fully saturated rings. The molecule has 0 bridgehead atoms. The molecule has 0 radical (unpaired) electrons. The monoisotopic (exact) mass is 293 g/mol. The summed E-state index contributed by atoms with van der Waals surface area (Å²) in [6.45, 7) is 5.70. The largest absolute Gasteiger partial charge is 0.475 e. The molecule has 6 nitrogen and oxygen atoms in total. The average Bonchev–Trinajstić information content (AvgIpc) is 2.97. The van der Waals surface area contributed by atoms with E-state index in [0.29, 0.717) is 19.0 Å². The van der Waals surface area contributed by atoms with Gasteiger partial charge in [-0.1, -0.05) is 6.07 Å². The molecule has 2 heterocycles. The first-order valence-electron chi connectivity index (χ1n) is 7.38. The Morgan fingerprint density at radius 2 is 2.33 bits per heavy atom. The van der Waals surface area contributed by atoms with Gasteiger partial charge in [-0.05, 0) is 32.3 Å². The van der Waals surface area contributed by atoms with E-state index in [9.17, 15) is 4.79 Å². The van der Waals surface area contributed by atoms with Crippen LogP contribution in [0.4, 0.5) is 4.79 Å². The number of pyridine rings is 1. The summed E-state index contributed by atoms with van der Waals surface area (Å²) in [6.07, 6.45) is 4.05. The normalized spacial score (nSPS) is 17.8. The van der Waals surface area contributed by atoms with Gasteiger partial charge in [0.2, 0.25) is 5.88 Å². The van der Waals surface area contributed by atoms with Crippen molar-refractivity contribution in [1.82, 2.24) is 15.6 Å². The van der Waals surface area contributed by atoms with Crippen LogP contribution in [-0.4, -0.2) is 36.4 Å². The Bertz CT molecular complexity index is 442. The number of rotatable bonds is 6. The van der Waals surface area contributed by atoms with Gasteiger partial charge < -0.3 is 20.1 Å². The van der Waals surface area contributed by atoms with Crippen LogP contribution < -0.4 is 15.4 Å². The zero-order valence-corrected chi connectivity index (χ0v) is 12.6. The first-order chi connectivity index (χ1) is 10.1. The predicted octanol–water partition coefficient (Wildman–Crippen LogP) is 1.85. The van der Waals surface area contributed by atoms with Crippen molar-refractivity contribution in [2.45, 2.75) is 45.4 Å². The second-order valence-electron chi connectivity index (χ2n) is 5.37. The van der Waals surface area contributed by atoms with Crippen molar-refractivity contribution in [3.05, 3.63) is 23.9 Å². The van der Waals surface area contributed by atoms with Crippen LogP contribution in [0.5, 0.6) is 5.88 Å². The van der Waals surface area contributed by atoms with E-state index in [4.69, 9.17) is 9.47 Å². The quantitative estimate of drug-likeness (QED) is 0.839. The van der Waals surface area contributed by atoms with Crippen molar-refractivity contribution in [3.63, 3.8) is 0 Å². The first kappa shape index (κ1) is 15.6. The van der Waals surface area contributed by atoms with Gasteiger partial charge in [-0.25, -0.2) is 9.78 Å². The lowest BCUT2D eigenvalue weighted by atomic mass is 10.2. The van der Waals surface area contributed by atoms with Gasteiger partial charge in [0.05, 0.1) is 12.2 Å². The van der Waals surface area contributed by atoms with Crippen molar-refractivity contribution in [3.8, 4) is 5.88 Å². The predicted molar refractivity (Wildman–Crippen MR) is 79.2 cm³/mol. The van der Waals surface area contributed by atoms with Crippen LogP contribution in [0.25, 0.3) is 0 Å². The standard InChI is InChI=1S/C15H23N3O3/c1-11(2)21-14-6-5-12(8-16-14)9-17-15(19)18-10-13-4-3-7-20-13/h5-6,8,11,13H,3-4,7,9-10H2,1-2H3,(H2,17,18,19). The van der Waals surface area contributed by atoms with Crippen molar-refractivity contribution < 1.29 is 14.3 Å². The molecule has 21 heavy (non-hydrogen) atoms. The minimum atomic E-state index is -0.187. The zero-order chi connectivity index (χ0) is 15.1. The van der Waals surface area contributed by atoms with E-state index in [1.807, 2.05) is 19.9 Å². The lowest BCUT2D eigenvalue weighted by molar-refractivity contribution is 0.111. The van der Waals surface area contributed by atoms with Crippen LogP contribution >= 0.6 is 0 Å². The second-order valence-corrected chi connectivity index (χ2v) is 5.37. The number of nitrogens with one attached hydrogen (secondary N) is 2. The molecular formula is C15H23N3O3. The average molecular weight is 293 g/mol. The molecule has 1 saturated heterocycles. The Labute approximate surface area is 125 Å². The molecule has 2 rings (SSSR count). The molecule has 1 aliphatic heterocycles. The maximum absolute atomic E-state index is 11.7. The van der Waals surface area contributed by atoms with Gasteiger partial charge >= 0.3 is 6.03 Å². The molecule has 116 valence electrons. The third-order valence-corrected chi connectivity index (χ3v) is 3.12. The molecule has 0 spiro atoms. The molecule has 6 heteroatoms. The lowest BCUT2D eigenvalue weighted by Crippen LogP contribution is -2.39. The summed E-state index contributed by atoms with van der Waals surface area (Å²) in [5, 5.41) is 5.61. The summed E-state index contributed by atoms with van der Waals surface area (Å²) in [6, 6.07) is 3.51. The molecule has 1 unspecified atom stereocenters. The fourth-order valence-electron chi connectivity index (χ4n) is 2.08. The molecule has 1 atom stereocenters. The van der Waals surface area contributed by atoms with Gasteiger partial charge in [-0.3, -0.25) is 0 Å². The van der Waals surface area contributed by atoms with Crippen molar-refractivity contribution >= 4 is 6.03 Å². The van der Waals surface area contributed by atoms with Gasteiger partial charge in [0.1, 0.15) is 0 Å². The number of carbonyl (C=O) groups is 1. The molecule has 1 aliphatic rings. The van der Waals surface area contributed by atoms with Crippen LogP contribution in [0, 0.1) is 0 Å². The molecule has 0 aromatic carbocycles. The highest BCUT2D eigenvalue weighted by Crippen LogP contribution is 2.11. The SMILES string of the molecule is CC(C)Oc1ccc(CNC(=O)NCC2CCCO2)cn1. The van der Waals surface area contributed by atoms with E-state index >= 15 is 0 Å². The van der Waals surface area contributed by atoms with Crippen LogP contribution in [0.2, 0.25) is 0 Å². The molecule has 1 aromatic heterocycles. The Morgan fingerprint density at radius 3 is 2.95 bits per heavy atom. The molecule has 2 N–H and O–H groups in total. The minimum absolute atomic E-state index is 0.102.